The molecule has 2 aromatic carbocycles. The Bertz CT molecular complexity index is 835. The molecule has 0 aliphatic rings. The Kier molecular flexibility index (Phi) is 6.14. The van der Waals surface area contributed by atoms with Crippen LogP contribution < -0.4 is 9.46 Å². The molecule has 2 aromatic rings. The van der Waals surface area contributed by atoms with Crippen molar-refractivity contribution in [1.29, 1.82) is 0 Å². The van der Waals surface area contributed by atoms with Gasteiger partial charge in [-0.1, -0.05) is 44.2 Å². The summed E-state index contributed by atoms with van der Waals surface area (Å²) in [6.45, 7) is 9.77. The molecular weight excluding hydrogens is 346 g/mol. The van der Waals surface area contributed by atoms with E-state index in [9.17, 15) is 8.42 Å². The van der Waals surface area contributed by atoms with Crippen LogP contribution in [0.25, 0.3) is 0 Å². The second kappa shape index (κ2) is 7.80. The van der Waals surface area contributed by atoms with Crippen molar-refractivity contribution in [2.45, 2.75) is 57.4 Å². The van der Waals surface area contributed by atoms with Gasteiger partial charge in [0.05, 0.1) is 12.0 Å². The number of methoxy groups -OCH3 is 1. The van der Waals surface area contributed by atoms with Gasteiger partial charge >= 0.3 is 0 Å². The summed E-state index contributed by atoms with van der Waals surface area (Å²) in [6.07, 6.45) is 0.699. The Morgan fingerprint density at radius 2 is 1.62 bits per heavy atom. The van der Waals surface area contributed by atoms with Crippen molar-refractivity contribution in [2.75, 3.05) is 7.11 Å². The summed E-state index contributed by atoms with van der Waals surface area (Å²) < 4.78 is 34.0. The molecule has 0 unspecified atom stereocenters. The lowest BCUT2D eigenvalue weighted by atomic mass is 9.79. The van der Waals surface area contributed by atoms with Crippen molar-refractivity contribution in [1.82, 2.24) is 4.72 Å². The minimum absolute atomic E-state index is 0.132. The van der Waals surface area contributed by atoms with Gasteiger partial charge < -0.3 is 4.74 Å². The maximum atomic E-state index is 13.0. The van der Waals surface area contributed by atoms with E-state index in [0.717, 1.165) is 0 Å². The molecule has 1 N–H and O–H groups in total. The summed E-state index contributed by atoms with van der Waals surface area (Å²) in [5.41, 5.74) is 2.43. The van der Waals surface area contributed by atoms with Gasteiger partial charge in [-0.05, 0) is 61.4 Å². The van der Waals surface area contributed by atoms with E-state index in [-0.39, 0.29) is 11.5 Å². The van der Waals surface area contributed by atoms with Crippen LogP contribution in [0.1, 0.15) is 43.9 Å². The number of ether oxygens (including phenoxy) is 1. The van der Waals surface area contributed by atoms with Crippen LogP contribution in [-0.2, 0) is 15.4 Å². The van der Waals surface area contributed by atoms with E-state index in [1.54, 1.807) is 33.1 Å². The quantitative estimate of drug-likeness (QED) is 0.783. The smallest absolute Gasteiger partial charge is 0.241 e. The standard InChI is InChI=1S/C21H29NO3S/c1-15-12-19(25-6)13-16(2)20(15)26(23,24)22-17(3)14-21(4,5)18-10-8-7-9-11-18/h7-13,17,22H,14H2,1-6H3/t17-/m0/s1. The van der Waals surface area contributed by atoms with Crippen molar-refractivity contribution in [2.24, 2.45) is 0 Å². The minimum Gasteiger partial charge on any atom is -0.497 e. The highest BCUT2D eigenvalue weighted by atomic mass is 32.2. The monoisotopic (exact) mass is 375 g/mol. The lowest BCUT2D eigenvalue weighted by molar-refractivity contribution is 0.413. The van der Waals surface area contributed by atoms with Crippen molar-refractivity contribution in [3.8, 4) is 5.75 Å². The highest BCUT2D eigenvalue weighted by molar-refractivity contribution is 7.89. The van der Waals surface area contributed by atoms with Crippen molar-refractivity contribution >= 4 is 10.0 Å². The molecule has 0 spiro atoms. The van der Waals surface area contributed by atoms with E-state index in [1.807, 2.05) is 25.1 Å². The van der Waals surface area contributed by atoms with E-state index in [4.69, 9.17) is 4.74 Å². The Hall–Kier alpha value is -1.85. The first-order valence-corrected chi connectivity index (χ1v) is 10.3. The molecule has 0 aliphatic carbocycles. The molecule has 2 rings (SSSR count). The molecule has 0 aliphatic heterocycles. The Morgan fingerprint density at radius 1 is 1.08 bits per heavy atom. The summed E-state index contributed by atoms with van der Waals surface area (Å²) in [4.78, 5) is 0.336. The van der Waals surface area contributed by atoms with Crippen LogP contribution in [0.3, 0.4) is 0 Å². The highest BCUT2D eigenvalue weighted by Gasteiger charge is 2.27. The SMILES string of the molecule is COc1cc(C)c(S(=O)(=O)N[C@@H](C)CC(C)(C)c2ccccc2)c(C)c1. The normalized spacial score (nSPS) is 13.5. The minimum atomic E-state index is -3.61. The highest BCUT2D eigenvalue weighted by Crippen LogP contribution is 2.30. The fourth-order valence-corrected chi connectivity index (χ4v) is 5.29. The third-order valence-corrected chi connectivity index (χ3v) is 6.56. The maximum absolute atomic E-state index is 13.0. The van der Waals surface area contributed by atoms with Crippen LogP contribution in [-0.4, -0.2) is 21.6 Å². The molecule has 0 heterocycles. The zero-order chi connectivity index (χ0) is 19.5. The van der Waals surface area contributed by atoms with Crippen LogP contribution in [0.2, 0.25) is 0 Å². The zero-order valence-electron chi connectivity index (χ0n) is 16.5. The first-order valence-electron chi connectivity index (χ1n) is 8.80. The fraction of sp³-hybridized carbons (Fsp3) is 0.429. The van der Waals surface area contributed by atoms with Crippen LogP contribution in [0.15, 0.2) is 47.4 Å². The second-order valence-electron chi connectivity index (χ2n) is 7.57. The van der Waals surface area contributed by atoms with Gasteiger partial charge in [0, 0.05) is 6.04 Å². The van der Waals surface area contributed by atoms with Gasteiger partial charge in [0.1, 0.15) is 5.75 Å². The van der Waals surface area contributed by atoms with E-state index in [0.29, 0.717) is 28.2 Å². The van der Waals surface area contributed by atoms with Crippen LogP contribution >= 0.6 is 0 Å². The number of hydrogen-bond acceptors (Lipinski definition) is 3. The number of sulfonamides is 1. The van der Waals surface area contributed by atoms with Gasteiger partial charge in [0.25, 0.3) is 0 Å². The summed E-state index contributed by atoms with van der Waals surface area (Å²) in [5.74, 6) is 0.664. The Balaban J connectivity index is 2.22. The van der Waals surface area contributed by atoms with Gasteiger partial charge in [-0.15, -0.1) is 0 Å². The average Bonchev–Trinajstić information content (AvgIpc) is 2.53. The fourth-order valence-electron chi connectivity index (χ4n) is 3.59. The number of nitrogens with one attached hydrogen (secondary N) is 1. The van der Waals surface area contributed by atoms with Crippen molar-refractivity contribution in [3.05, 3.63) is 59.2 Å². The number of benzene rings is 2. The zero-order valence-corrected chi connectivity index (χ0v) is 17.3. The largest absolute Gasteiger partial charge is 0.497 e. The topological polar surface area (TPSA) is 55.4 Å². The summed E-state index contributed by atoms with van der Waals surface area (Å²) in [5, 5.41) is 0. The summed E-state index contributed by atoms with van der Waals surface area (Å²) in [7, 11) is -2.03. The van der Waals surface area contributed by atoms with Gasteiger partial charge in [-0.3, -0.25) is 0 Å². The Morgan fingerprint density at radius 3 is 2.12 bits per heavy atom. The molecule has 26 heavy (non-hydrogen) atoms. The lowest BCUT2D eigenvalue weighted by Gasteiger charge is -2.29. The van der Waals surface area contributed by atoms with Gasteiger partial charge in [-0.25, -0.2) is 13.1 Å². The molecule has 0 saturated carbocycles. The number of hydrogen-bond donors (Lipinski definition) is 1. The third kappa shape index (κ3) is 4.65. The van der Waals surface area contributed by atoms with Crippen LogP contribution in [0, 0.1) is 13.8 Å². The molecular formula is C21H29NO3S. The maximum Gasteiger partial charge on any atom is 0.241 e. The molecule has 4 nitrogen and oxygen atoms in total. The first kappa shape index (κ1) is 20.5. The van der Waals surface area contributed by atoms with Crippen LogP contribution in [0.4, 0.5) is 0 Å². The van der Waals surface area contributed by atoms with E-state index < -0.39 is 10.0 Å². The lowest BCUT2D eigenvalue weighted by Crippen LogP contribution is -2.37. The molecule has 1 atom stereocenters. The second-order valence-corrected chi connectivity index (χ2v) is 9.22. The Labute approximate surface area is 157 Å². The van der Waals surface area contributed by atoms with E-state index >= 15 is 0 Å². The van der Waals surface area contributed by atoms with Crippen molar-refractivity contribution in [3.63, 3.8) is 0 Å². The van der Waals surface area contributed by atoms with Gasteiger partial charge in [-0.2, -0.15) is 0 Å². The molecule has 0 bridgehead atoms. The average molecular weight is 376 g/mol. The predicted octanol–water partition coefficient (Wildman–Crippen LogP) is 4.35. The van der Waals surface area contributed by atoms with Gasteiger partial charge in [0.2, 0.25) is 10.0 Å². The molecule has 0 radical (unpaired) electrons. The first-order chi connectivity index (χ1) is 12.1. The predicted molar refractivity (Wildman–Crippen MR) is 106 cm³/mol. The molecule has 0 fully saturated rings. The molecule has 5 heteroatoms. The number of rotatable bonds is 7. The molecule has 0 aromatic heterocycles. The summed E-state index contributed by atoms with van der Waals surface area (Å²) in [6, 6.07) is 13.5. The number of aryl methyl sites for hydroxylation is 2. The van der Waals surface area contributed by atoms with E-state index in [1.165, 1.54) is 5.56 Å². The van der Waals surface area contributed by atoms with Crippen molar-refractivity contribution < 1.29 is 13.2 Å². The van der Waals surface area contributed by atoms with E-state index in [2.05, 4.69) is 30.7 Å². The molecule has 0 amide bonds. The third-order valence-electron chi connectivity index (χ3n) is 4.67. The summed E-state index contributed by atoms with van der Waals surface area (Å²) >= 11 is 0. The molecule has 142 valence electrons. The van der Waals surface area contributed by atoms with Crippen LogP contribution in [0.5, 0.6) is 5.75 Å². The van der Waals surface area contributed by atoms with Gasteiger partial charge in [0.15, 0.2) is 0 Å². The molecule has 0 saturated heterocycles.